The molecule has 0 unspecified atom stereocenters. The number of benzene rings is 2. The topological polar surface area (TPSA) is 0 Å². The van der Waals surface area contributed by atoms with E-state index < -0.39 is 11.7 Å². The van der Waals surface area contributed by atoms with Gasteiger partial charge in [0.2, 0.25) is 0 Å². The SMILES string of the molecule is FC(F)(F)c1c[c-]ccc1.[Zn+2].[c-]1ccccc1. The van der Waals surface area contributed by atoms with Gasteiger partial charge in [0.1, 0.15) is 0 Å². The molecule has 0 nitrogen and oxygen atoms in total. The van der Waals surface area contributed by atoms with Gasteiger partial charge in [-0.25, -0.2) is 0 Å². The minimum Gasteiger partial charge on any atom is -0.184 e. The summed E-state index contributed by atoms with van der Waals surface area (Å²) >= 11 is 0. The average Bonchev–Trinajstić information content (AvgIpc) is 2.32. The fourth-order valence-corrected chi connectivity index (χ4v) is 0.912. The van der Waals surface area contributed by atoms with E-state index >= 15 is 0 Å². The number of hydrogen-bond acceptors (Lipinski definition) is 0. The summed E-state index contributed by atoms with van der Waals surface area (Å²) in [6.45, 7) is 0. The molecule has 2 aromatic carbocycles. The first-order valence-electron chi connectivity index (χ1n) is 4.55. The fraction of sp³-hybridized carbons (Fsp3) is 0.0769. The van der Waals surface area contributed by atoms with Gasteiger partial charge < -0.3 is 0 Å². The number of alkyl halides is 3. The van der Waals surface area contributed by atoms with Crippen LogP contribution >= 0.6 is 0 Å². The second kappa shape index (κ2) is 8.02. The van der Waals surface area contributed by atoms with Gasteiger partial charge >= 0.3 is 25.7 Å². The van der Waals surface area contributed by atoms with Crippen LogP contribution in [0.5, 0.6) is 0 Å². The quantitative estimate of drug-likeness (QED) is 0.508. The molecule has 0 aliphatic carbocycles. The maximum Gasteiger partial charge on any atom is 2.00 e. The van der Waals surface area contributed by atoms with Crippen molar-refractivity contribution < 1.29 is 32.6 Å². The van der Waals surface area contributed by atoms with Crippen molar-refractivity contribution in [3.05, 3.63) is 72.3 Å². The van der Waals surface area contributed by atoms with Crippen LogP contribution in [0, 0.1) is 12.1 Å². The maximum absolute atomic E-state index is 11.8. The summed E-state index contributed by atoms with van der Waals surface area (Å²) < 4.78 is 35.3. The van der Waals surface area contributed by atoms with Gasteiger partial charge in [0.25, 0.3) is 0 Å². The molecule has 0 amide bonds. The average molecular weight is 288 g/mol. The maximum atomic E-state index is 11.8. The zero-order valence-electron chi connectivity index (χ0n) is 9.04. The summed E-state index contributed by atoms with van der Waals surface area (Å²) in [6.07, 6.45) is -4.24. The first kappa shape index (κ1) is 15.9. The van der Waals surface area contributed by atoms with E-state index in [0.717, 1.165) is 12.1 Å². The van der Waals surface area contributed by atoms with Gasteiger partial charge in [-0.05, 0) is 0 Å². The van der Waals surface area contributed by atoms with Gasteiger partial charge in [-0.15, -0.1) is 0 Å². The Morgan fingerprint density at radius 2 is 1.41 bits per heavy atom. The minimum atomic E-state index is -4.24. The Bertz CT molecular complexity index is 358. The number of rotatable bonds is 0. The smallest absolute Gasteiger partial charge is 0.184 e. The largest absolute Gasteiger partial charge is 2.00 e. The van der Waals surface area contributed by atoms with Gasteiger partial charge in [-0.3, -0.25) is 0 Å². The zero-order chi connectivity index (χ0) is 11.9. The van der Waals surface area contributed by atoms with Crippen molar-refractivity contribution in [2.45, 2.75) is 6.18 Å². The molecule has 0 bridgehead atoms. The fourth-order valence-electron chi connectivity index (χ4n) is 0.912. The second-order valence-corrected chi connectivity index (χ2v) is 2.87. The van der Waals surface area contributed by atoms with E-state index in [2.05, 4.69) is 12.1 Å². The van der Waals surface area contributed by atoms with E-state index in [0.29, 0.717) is 0 Å². The molecule has 0 radical (unpaired) electrons. The van der Waals surface area contributed by atoms with Gasteiger partial charge in [-0.1, -0.05) is 5.56 Å². The molecule has 0 fully saturated rings. The molecule has 0 aliphatic heterocycles. The Balaban J connectivity index is 0.000000316. The zero-order valence-corrected chi connectivity index (χ0v) is 12.0. The summed E-state index contributed by atoms with van der Waals surface area (Å²) in [5.74, 6) is 0. The third-order valence-corrected chi connectivity index (χ3v) is 1.64. The Labute approximate surface area is 111 Å². The molecule has 0 saturated carbocycles. The van der Waals surface area contributed by atoms with Crippen molar-refractivity contribution in [3.63, 3.8) is 0 Å². The van der Waals surface area contributed by atoms with Crippen molar-refractivity contribution in [3.8, 4) is 0 Å². The standard InChI is InChI=1S/C7H4F3.C6H5.Zn/c8-7(9,10)6-4-2-1-3-5-6;1-2-4-6-5-3-1;/h1-2,4-5H;1-5H;/q2*-1;+2. The van der Waals surface area contributed by atoms with Crippen LogP contribution in [0.25, 0.3) is 0 Å². The molecular formula is C13H9F3Zn. The van der Waals surface area contributed by atoms with E-state index in [4.69, 9.17) is 0 Å². The molecule has 0 spiro atoms. The number of hydrogen-bond donors (Lipinski definition) is 0. The molecule has 84 valence electrons. The van der Waals surface area contributed by atoms with Crippen molar-refractivity contribution >= 4 is 0 Å². The van der Waals surface area contributed by atoms with Gasteiger partial charge in [0.15, 0.2) is 0 Å². The van der Waals surface area contributed by atoms with Crippen molar-refractivity contribution in [1.82, 2.24) is 0 Å². The van der Waals surface area contributed by atoms with Crippen LogP contribution in [0.3, 0.4) is 0 Å². The van der Waals surface area contributed by atoms with E-state index in [1.807, 2.05) is 30.3 Å². The third-order valence-electron chi connectivity index (χ3n) is 1.64. The van der Waals surface area contributed by atoms with Crippen LogP contribution in [-0.4, -0.2) is 0 Å². The van der Waals surface area contributed by atoms with Crippen LogP contribution in [0.15, 0.2) is 54.6 Å². The molecule has 2 aromatic rings. The Morgan fingerprint density at radius 1 is 0.824 bits per heavy atom. The molecule has 2 rings (SSSR count). The Morgan fingerprint density at radius 3 is 1.65 bits per heavy atom. The van der Waals surface area contributed by atoms with E-state index in [1.165, 1.54) is 12.1 Å². The normalized spacial score (nSPS) is 9.59. The minimum absolute atomic E-state index is 0. The monoisotopic (exact) mass is 286 g/mol. The molecule has 0 aliphatic rings. The first-order chi connectivity index (χ1) is 7.61. The molecule has 0 heterocycles. The molecule has 0 N–H and O–H groups in total. The predicted octanol–water partition coefficient (Wildman–Crippen LogP) is 3.99. The van der Waals surface area contributed by atoms with Crippen LogP contribution < -0.4 is 0 Å². The van der Waals surface area contributed by atoms with Crippen LogP contribution in [-0.2, 0) is 25.7 Å². The second-order valence-electron chi connectivity index (χ2n) is 2.87. The summed E-state index contributed by atoms with van der Waals surface area (Å²) in [4.78, 5) is 0. The third kappa shape index (κ3) is 6.90. The van der Waals surface area contributed by atoms with E-state index in [-0.39, 0.29) is 19.5 Å². The van der Waals surface area contributed by atoms with E-state index in [9.17, 15) is 13.2 Å². The van der Waals surface area contributed by atoms with Crippen molar-refractivity contribution in [2.75, 3.05) is 0 Å². The molecule has 4 heteroatoms. The first-order valence-corrected chi connectivity index (χ1v) is 4.55. The van der Waals surface area contributed by atoms with Gasteiger partial charge in [0, 0.05) is 0 Å². The molecular weight excluding hydrogens is 279 g/mol. The predicted molar refractivity (Wildman–Crippen MR) is 55.6 cm³/mol. The Kier molecular flexibility index (Phi) is 7.48. The molecule has 17 heavy (non-hydrogen) atoms. The van der Waals surface area contributed by atoms with Crippen LogP contribution in [0.4, 0.5) is 13.2 Å². The number of halogens is 3. The summed E-state index contributed by atoms with van der Waals surface area (Å²) in [5.41, 5.74) is -0.657. The summed E-state index contributed by atoms with van der Waals surface area (Å²) in [6, 6.07) is 19.5. The Hall–Kier alpha value is -1.15. The molecule has 0 saturated heterocycles. The summed E-state index contributed by atoms with van der Waals surface area (Å²) in [5, 5.41) is 0. The summed E-state index contributed by atoms with van der Waals surface area (Å²) in [7, 11) is 0. The van der Waals surface area contributed by atoms with Crippen molar-refractivity contribution in [1.29, 1.82) is 0 Å². The van der Waals surface area contributed by atoms with Gasteiger partial charge in [-0.2, -0.15) is 79.9 Å². The van der Waals surface area contributed by atoms with Crippen LogP contribution in [0.2, 0.25) is 0 Å². The van der Waals surface area contributed by atoms with Gasteiger partial charge in [0.05, 0.1) is 0 Å². The molecule has 0 aromatic heterocycles. The van der Waals surface area contributed by atoms with E-state index in [1.54, 1.807) is 0 Å². The van der Waals surface area contributed by atoms with Crippen molar-refractivity contribution in [2.24, 2.45) is 0 Å². The molecule has 0 atom stereocenters. The van der Waals surface area contributed by atoms with Crippen LogP contribution in [0.1, 0.15) is 5.56 Å².